The van der Waals surface area contributed by atoms with E-state index < -0.39 is 71.7 Å². The van der Waals surface area contributed by atoms with Gasteiger partial charge in [0, 0.05) is 25.6 Å². The summed E-state index contributed by atoms with van der Waals surface area (Å²) < 4.78 is 0. The number of unbranched alkanes of at least 4 members (excludes halogenated alkanes) is 4. The average molecular weight is 817 g/mol. The van der Waals surface area contributed by atoms with Gasteiger partial charge in [0.25, 0.3) is 0 Å². The van der Waals surface area contributed by atoms with Crippen molar-refractivity contribution < 1.29 is 55.6 Å². The van der Waals surface area contributed by atoms with Crippen molar-refractivity contribution in [1.29, 1.82) is 0 Å². The van der Waals surface area contributed by atoms with E-state index in [1.807, 2.05) is 0 Å². The summed E-state index contributed by atoms with van der Waals surface area (Å²) in [4.78, 5) is 105. The van der Waals surface area contributed by atoms with Crippen molar-refractivity contribution in [2.45, 2.75) is 140 Å². The van der Waals surface area contributed by atoms with Crippen molar-refractivity contribution in [2.75, 3.05) is 37.8 Å². The van der Waals surface area contributed by atoms with Gasteiger partial charge < -0.3 is 59.7 Å². The maximum Gasteiger partial charge on any atom is 0.243 e. The quantitative estimate of drug-likeness (QED) is 0.0372. The van der Waals surface area contributed by atoms with Crippen molar-refractivity contribution in [3.05, 3.63) is 0 Å². The fraction of sp³-hybridized carbons (Fsp3) is 0.778. The highest BCUT2D eigenvalue weighted by molar-refractivity contribution is 7.99. The van der Waals surface area contributed by atoms with Crippen LogP contribution in [0, 0.1) is 0 Å². The summed E-state index contributed by atoms with van der Waals surface area (Å²) in [6.45, 7) is 6.57. The van der Waals surface area contributed by atoms with Gasteiger partial charge in [-0.15, -0.1) is 11.8 Å². The lowest BCUT2D eigenvalue weighted by molar-refractivity contribution is -0.368. The van der Waals surface area contributed by atoms with E-state index in [2.05, 4.69) is 59.7 Å². The maximum atomic E-state index is 13.9. The van der Waals surface area contributed by atoms with E-state index in [-0.39, 0.29) is 43.9 Å². The molecule has 17 N–H and O–H groups in total. The Labute approximate surface area is 334 Å². The number of hydrogen-bond acceptors (Lipinski definition) is 9. The van der Waals surface area contributed by atoms with E-state index >= 15 is 0 Å². The van der Waals surface area contributed by atoms with Crippen molar-refractivity contribution in [3.8, 4) is 0 Å². The number of hydrogen-bond donors (Lipinski definition) is 11. The van der Waals surface area contributed by atoms with E-state index in [9.17, 15) is 38.4 Å². The highest BCUT2D eigenvalue weighted by atomic mass is 32.2. The molecule has 0 radical (unpaired) electrons. The molecule has 1 aliphatic rings. The van der Waals surface area contributed by atoms with Gasteiger partial charge >= 0.3 is 0 Å². The first kappa shape index (κ1) is 50.0. The topological polar surface area (TPSA) is 316 Å². The van der Waals surface area contributed by atoms with Gasteiger partial charge in [-0.05, 0) is 90.9 Å². The maximum absolute atomic E-state index is 13.9. The molecule has 0 saturated carbocycles. The molecule has 0 aromatic heterocycles. The number of rotatable bonds is 22. The van der Waals surface area contributed by atoms with Crippen molar-refractivity contribution >= 4 is 59.0 Å². The summed E-state index contributed by atoms with van der Waals surface area (Å²) in [6, 6.07) is -6.34. The second-order valence-corrected chi connectivity index (χ2v) is 15.2. The van der Waals surface area contributed by atoms with Crippen molar-refractivity contribution in [1.82, 2.24) is 42.5 Å². The number of thioether (sulfide) groups is 1. The Hall–Kier alpha value is -4.01. The van der Waals surface area contributed by atoms with Crippen LogP contribution in [0.25, 0.3) is 0 Å². The van der Waals surface area contributed by atoms with Crippen LogP contribution in [0.3, 0.4) is 0 Å². The van der Waals surface area contributed by atoms with Crippen LogP contribution in [-0.4, -0.2) is 121 Å². The Morgan fingerprint density at radius 1 is 0.536 bits per heavy atom. The summed E-state index contributed by atoms with van der Waals surface area (Å²) in [5.74, 6) is -2.97. The molecule has 1 rings (SSSR count). The number of carbonyl (C=O) groups is 8. The van der Waals surface area contributed by atoms with Crippen LogP contribution in [0.15, 0.2) is 0 Å². The molecule has 56 heavy (non-hydrogen) atoms. The SMILES string of the molecule is CC(=O)NCSCCC(=O)NCCCC[C@H]1NC(=O)[C@H](CCCC[NH3+])NC(=O)[C@@H](C)NC(=O)[C@H](CCCC[NH3+])NC(=O)[C@@H](C)NC(=O)[C@H](CCCC[NH3+])NC1=O. The molecule has 6 atom stereocenters. The van der Waals surface area contributed by atoms with Crippen LogP contribution >= 0.6 is 11.8 Å². The third-order valence-corrected chi connectivity index (χ3v) is 9.99. The first-order valence-corrected chi connectivity index (χ1v) is 21.2. The molecule has 1 fully saturated rings. The summed E-state index contributed by atoms with van der Waals surface area (Å²) in [5, 5.41) is 21.8. The van der Waals surface area contributed by atoms with Gasteiger partial charge in [0.2, 0.25) is 47.3 Å². The molecular formula is C36H70N11O8S+3. The molecule has 0 aromatic carbocycles. The molecule has 1 aliphatic heterocycles. The molecule has 20 heteroatoms. The predicted octanol–water partition coefficient (Wildman–Crippen LogP) is -4.31. The number of amides is 8. The molecular weight excluding hydrogens is 747 g/mol. The minimum atomic E-state index is -1.10. The summed E-state index contributed by atoms with van der Waals surface area (Å²) >= 11 is 1.43. The van der Waals surface area contributed by atoms with Crippen LogP contribution in [-0.2, 0) is 38.4 Å². The molecule has 1 saturated heterocycles. The Kier molecular flexibility index (Phi) is 26.1. The van der Waals surface area contributed by atoms with Crippen LogP contribution in [0.4, 0.5) is 0 Å². The molecule has 0 spiro atoms. The smallest absolute Gasteiger partial charge is 0.243 e. The van der Waals surface area contributed by atoms with Crippen LogP contribution in [0.2, 0.25) is 0 Å². The van der Waals surface area contributed by atoms with Crippen molar-refractivity contribution in [3.63, 3.8) is 0 Å². The van der Waals surface area contributed by atoms with E-state index in [0.29, 0.717) is 89.2 Å². The van der Waals surface area contributed by atoms with Gasteiger partial charge in [-0.3, -0.25) is 38.4 Å². The number of nitrogens with one attached hydrogen (secondary N) is 8. The lowest BCUT2D eigenvalue weighted by atomic mass is 10.0. The third-order valence-electron chi connectivity index (χ3n) is 9.15. The Balaban J connectivity index is 3.31. The number of carbonyl (C=O) groups excluding carboxylic acids is 8. The monoisotopic (exact) mass is 817 g/mol. The lowest BCUT2D eigenvalue weighted by Crippen LogP contribution is -2.61. The van der Waals surface area contributed by atoms with Gasteiger partial charge in [-0.1, -0.05) is 0 Å². The first-order valence-electron chi connectivity index (χ1n) is 20.0. The second kappa shape index (κ2) is 29.3. The molecule has 1 heterocycles. The highest BCUT2D eigenvalue weighted by Crippen LogP contribution is 2.10. The average Bonchev–Trinajstić information content (AvgIpc) is 3.15. The zero-order chi connectivity index (χ0) is 41.9. The number of quaternary nitrogens is 3. The predicted molar refractivity (Wildman–Crippen MR) is 210 cm³/mol. The lowest BCUT2D eigenvalue weighted by Gasteiger charge is -2.28. The third kappa shape index (κ3) is 21.3. The van der Waals surface area contributed by atoms with Gasteiger partial charge in [0.05, 0.1) is 25.5 Å². The molecule has 0 unspecified atom stereocenters. The van der Waals surface area contributed by atoms with Gasteiger partial charge in [0.1, 0.15) is 36.3 Å². The first-order chi connectivity index (χ1) is 26.7. The van der Waals surface area contributed by atoms with Gasteiger partial charge in [-0.2, -0.15) is 0 Å². The molecule has 0 aromatic rings. The highest BCUT2D eigenvalue weighted by Gasteiger charge is 2.33. The molecule has 0 aliphatic carbocycles. The largest absolute Gasteiger partial charge is 0.358 e. The summed E-state index contributed by atoms with van der Waals surface area (Å²) in [5.41, 5.74) is 11.5. The Morgan fingerprint density at radius 2 is 0.893 bits per heavy atom. The van der Waals surface area contributed by atoms with Crippen LogP contribution in [0.1, 0.15) is 104 Å². The second-order valence-electron chi connectivity index (χ2n) is 14.1. The van der Waals surface area contributed by atoms with E-state index in [0.717, 1.165) is 0 Å². The normalized spacial score (nSPS) is 23.0. The molecule has 19 nitrogen and oxygen atoms in total. The van der Waals surface area contributed by atoms with E-state index in [1.54, 1.807) is 0 Å². The van der Waals surface area contributed by atoms with Gasteiger partial charge in [-0.25, -0.2) is 0 Å². The fourth-order valence-corrected chi connectivity index (χ4v) is 6.51. The molecule has 0 bridgehead atoms. The van der Waals surface area contributed by atoms with E-state index in [4.69, 9.17) is 0 Å². The minimum Gasteiger partial charge on any atom is -0.358 e. The van der Waals surface area contributed by atoms with Gasteiger partial charge in [0.15, 0.2) is 0 Å². The van der Waals surface area contributed by atoms with Crippen molar-refractivity contribution in [2.24, 2.45) is 0 Å². The Morgan fingerprint density at radius 3 is 1.27 bits per heavy atom. The van der Waals surface area contributed by atoms with Crippen LogP contribution < -0.4 is 59.7 Å². The summed E-state index contributed by atoms with van der Waals surface area (Å²) in [6.07, 6.45) is 5.87. The molecule has 320 valence electrons. The fourth-order valence-electron chi connectivity index (χ4n) is 5.73. The van der Waals surface area contributed by atoms with Crippen LogP contribution in [0.5, 0.6) is 0 Å². The van der Waals surface area contributed by atoms with E-state index in [1.165, 1.54) is 32.5 Å². The standard InChI is InChI=1S/C36H67N11O8S/c1-23-31(50)44-26(12-4-8-17-37)33(52)42-24(2)32(51)45-28(14-6-10-19-39)35(54)47-29(36(55)46-27(34(53)43-23)13-5-9-18-38)15-7-11-20-40-30(49)16-21-56-22-41-25(3)48/h23-24,26-29H,4-22,37-39H2,1-3H3,(H,40,49)(H,41,48)(H,42,52)(H,43,53)(H,44,50)(H,45,51)(H,46,55)(H,47,54)/p+3/t23-,24-,26+,27+,28+,29-/m1/s1. The zero-order valence-electron chi connectivity index (χ0n) is 33.7. The molecule has 8 amide bonds. The minimum absolute atomic E-state index is 0.143. The zero-order valence-corrected chi connectivity index (χ0v) is 34.5. The Bertz CT molecular complexity index is 1270. The summed E-state index contributed by atoms with van der Waals surface area (Å²) in [7, 11) is 0.